The van der Waals surface area contributed by atoms with Gasteiger partial charge >= 0.3 is 0 Å². The lowest BCUT2D eigenvalue weighted by molar-refractivity contribution is 0.0430. The van der Waals surface area contributed by atoms with Crippen LogP contribution in [0.25, 0.3) is 0 Å². The third-order valence-corrected chi connectivity index (χ3v) is 3.05. The molecule has 1 heterocycles. The van der Waals surface area contributed by atoms with Gasteiger partial charge in [-0.25, -0.2) is 0 Å². The third-order valence-electron chi connectivity index (χ3n) is 3.05. The molecule has 0 amide bonds. The molecule has 4 heteroatoms. The predicted octanol–water partition coefficient (Wildman–Crippen LogP) is 2.44. The summed E-state index contributed by atoms with van der Waals surface area (Å²) in [5.74, 6) is 0. The number of hydrogen-bond acceptors (Lipinski definition) is 4. The van der Waals surface area contributed by atoms with Crippen LogP contribution in [0, 0.1) is 0 Å². The molecule has 0 aliphatic rings. The molecule has 0 aliphatic carbocycles. The Kier molecular flexibility index (Phi) is 4.49. The van der Waals surface area contributed by atoms with Gasteiger partial charge in [0.05, 0.1) is 6.04 Å². The van der Waals surface area contributed by atoms with Crippen molar-refractivity contribution in [1.82, 2.24) is 4.98 Å². The number of benzene rings is 1. The summed E-state index contributed by atoms with van der Waals surface area (Å²) in [5.41, 5.74) is 14.8. The van der Waals surface area contributed by atoms with Gasteiger partial charge in [0.15, 0.2) is 0 Å². The highest BCUT2D eigenvalue weighted by molar-refractivity contribution is 5.47. The maximum absolute atomic E-state index is 6.31. The second kappa shape index (κ2) is 6.31. The van der Waals surface area contributed by atoms with E-state index in [1.54, 1.807) is 18.5 Å². The highest BCUT2D eigenvalue weighted by Crippen LogP contribution is 2.32. The molecule has 1 aromatic heterocycles. The average molecular weight is 257 g/mol. The van der Waals surface area contributed by atoms with Crippen LogP contribution < -0.4 is 11.5 Å². The first kappa shape index (κ1) is 13.5. The van der Waals surface area contributed by atoms with E-state index in [0.29, 0.717) is 12.3 Å². The largest absolute Gasteiger partial charge is 0.398 e. The lowest BCUT2D eigenvalue weighted by Crippen LogP contribution is -2.23. The summed E-state index contributed by atoms with van der Waals surface area (Å²) in [6.07, 6.45) is 3.14. The topological polar surface area (TPSA) is 74.2 Å². The van der Waals surface area contributed by atoms with Crippen molar-refractivity contribution in [3.63, 3.8) is 0 Å². The van der Waals surface area contributed by atoms with Crippen LogP contribution in [-0.4, -0.2) is 11.6 Å². The Morgan fingerprint density at radius 2 is 1.95 bits per heavy atom. The first-order valence-corrected chi connectivity index (χ1v) is 6.35. The quantitative estimate of drug-likeness (QED) is 0.862. The van der Waals surface area contributed by atoms with Gasteiger partial charge in [0, 0.05) is 30.3 Å². The molecule has 0 saturated heterocycles. The molecule has 0 spiro atoms. The van der Waals surface area contributed by atoms with Crippen molar-refractivity contribution in [2.75, 3.05) is 12.3 Å². The van der Waals surface area contributed by atoms with Crippen LogP contribution in [0.15, 0.2) is 48.8 Å². The van der Waals surface area contributed by atoms with Crippen molar-refractivity contribution in [3.05, 3.63) is 59.9 Å². The zero-order valence-corrected chi connectivity index (χ0v) is 11.0. The molecule has 0 saturated carbocycles. The van der Waals surface area contributed by atoms with Gasteiger partial charge in [-0.05, 0) is 18.6 Å². The number of ether oxygens (including phenoxy) is 1. The minimum absolute atomic E-state index is 0.224. The minimum Gasteiger partial charge on any atom is -0.398 e. The number of pyridine rings is 1. The van der Waals surface area contributed by atoms with E-state index in [9.17, 15) is 0 Å². The van der Waals surface area contributed by atoms with Gasteiger partial charge in [0.25, 0.3) is 0 Å². The summed E-state index contributed by atoms with van der Waals surface area (Å²) < 4.78 is 5.79. The molecule has 4 nitrogen and oxygen atoms in total. The van der Waals surface area contributed by atoms with Crippen LogP contribution in [-0.2, 0) is 4.74 Å². The van der Waals surface area contributed by atoms with Gasteiger partial charge < -0.3 is 16.2 Å². The van der Waals surface area contributed by atoms with Gasteiger partial charge in [-0.2, -0.15) is 0 Å². The second-order valence-electron chi connectivity index (χ2n) is 4.32. The summed E-state index contributed by atoms with van der Waals surface area (Å²) in [4.78, 5) is 4.09. The van der Waals surface area contributed by atoms with Crippen molar-refractivity contribution in [2.24, 2.45) is 5.73 Å². The van der Waals surface area contributed by atoms with E-state index in [1.165, 1.54) is 0 Å². The summed E-state index contributed by atoms with van der Waals surface area (Å²) >= 11 is 0. The zero-order valence-electron chi connectivity index (χ0n) is 11.0. The first-order chi connectivity index (χ1) is 9.24. The molecule has 1 aromatic carbocycles. The molecule has 0 aliphatic heterocycles. The Bertz CT molecular complexity index is 516. The second-order valence-corrected chi connectivity index (χ2v) is 4.32. The van der Waals surface area contributed by atoms with Gasteiger partial charge in [0.2, 0.25) is 0 Å². The molecule has 2 unspecified atom stereocenters. The average Bonchev–Trinajstić information content (AvgIpc) is 2.45. The van der Waals surface area contributed by atoms with Crippen molar-refractivity contribution in [1.29, 1.82) is 0 Å². The van der Waals surface area contributed by atoms with E-state index < -0.39 is 0 Å². The fraction of sp³-hybridized carbons (Fsp3) is 0.267. The molecule has 2 aromatic rings. The van der Waals surface area contributed by atoms with Gasteiger partial charge in [-0.15, -0.1) is 0 Å². The highest BCUT2D eigenvalue weighted by atomic mass is 16.5. The lowest BCUT2D eigenvalue weighted by Gasteiger charge is -2.25. The zero-order chi connectivity index (χ0) is 13.7. The van der Waals surface area contributed by atoms with E-state index in [2.05, 4.69) is 4.98 Å². The molecule has 0 bridgehead atoms. The highest BCUT2D eigenvalue weighted by Gasteiger charge is 2.23. The Morgan fingerprint density at radius 3 is 2.58 bits per heavy atom. The first-order valence-electron chi connectivity index (χ1n) is 6.35. The smallest absolute Gasteiger partial charge is 0.102 e. The Hall–Kier alpha value is -1.91. The lowest BCUT2D eigenvalue weighted by atomic mass is 9.96. The minimum atomic E-state index is -0.337. The van der Waals surface area contributed by atoms with E-state index in [1.807, 2.05) is 37.3 Å². The Balaban J connectivity index is 2.32. The Morgan fingerprint density at radius 1 is 1.21 bits per heavy atom. The number of aromatic nitrogens is 1. The Labute approximate surface area is 113 Å². The van der Waals surface area contributed by atoms with Crippen LogP contribution >= 0.6 is 0 Å². The SMILES string of the molecule is CCOC(c1ccccc1)C(N)c1cnccc1N. The molecule has 4 N–H and O–H groups in total. The van der Waals surface area contributed by atoms with Gasteiger partial charge in [-0.3, -0.25) is 4.98 Å². The molecular formula is C15H19N3O. The summed E-state index contributed by atoms with van der Waals surface area (Å²) in [5, 5.41) is 0. The van der Waals surface area contributed by atoms with E-state index in [4.69, 9.17) is 16.2 Å². The molecule has 0 fully saturated rings. The normalized spacial score (nSPS) is 14.0. The van der Waals surface area contributed by atoms with Gasteiger partial charge in [0.1, 0.15) is 6.10 Å². The number of rotatable bonds is 5. The maximum Gasteiger partial charge on any atom is 0.102 e. The molecule has 2 rings (SSSR count). The number of anilines is 1. The maximum atomic E-state index is 6.31. The van der Waals surface area contributed by atoms with Crippen molar-refractivity contribution >= 4 is 5.69 Å². The number of hydrogen-bond donors (Lipinski definition) is 2. The third kappa shape index (κ3) is 3.10. The predicted molar refractivity (Wildman–Crippen MR) is 76.4 cm³/mol. The number of nitrogens with zero attached hydrogens (tertiary/aromatic N) is 1. The van der Waals surface area contributed by atoms with Crippen molar-refractivity contribution in [3.8, 4) is 0 Å². The van der Waals surface area contributed by atoms with E-state index in [0.717, 1.165) is 11.1 Å². The van der Waals surface area contributed by atoms with Crippen molar-refractivity contribution < 1.29 is 4.74 Å². The molecule has 2 atom stereocenters. The number of nitrogens with two attached hydrogens (primary N) is 2. The van der Waals surface area contributed by atoms with Crippen LogP contribution in [0.5, 0.6) is 0 Å². The van der Waals surface area contributed by atoms with Crippen LogP contribution in [0.3, 0.4) is 0 Å². The monoisotopic (exact) mass is 257 g/mol. The van der Waals surface area contributed by atoms with Gasteiger partial charge in [-0.1, -0.05) is 30.3 Å². The van der Waals surface area contributed by atoms with Crippen LogP contribution in [0.1, 0.15) is 30.2 Å². The summed E-state index contributed by atoms with van der Waals surface area (Å²) in [7, 11) is 0. The molecule has 19 heavy (non-hydrogen) atoms. The fourth-order valence-electron chi connectivity index (χ4n) is 2.09. The fourth-order valence-corrected chi connectivity index (χ4v) is 2.09. The summed E-state index contributed by atoms with van der Waals surface area (Å²) in [6, 6.07) is 11.3. The van der Waals surface area contributed by atoms with E-state index >= 15 is 0 Å². The summed E-state index contributed by atoms with van der Waals surface area (Å²) in [6.45, 7) is 2.54. The van der Waals surface area contributed by atoms with Crippen LogP contribution in [0.4, 0.5) is 5.69 Å². The van der Waals surface area contributed by atoms with E-state index in [-0.39, 0.29) is 12.1 Å². The van der Waals surface area contributed by atoms with Crippen molar-refractivity contribution in [2.45, 2.75) is 19.1 Å². The standard InChI is InChI=1S/C15H19N3O/c1-2-19-15(11-6-4-3-5-7-11)14(17)12-10-18-9-8-13(12)16/h3-10,14-15H,2,17H2,1H3,(H2,16,18). The number of nitrogen functional groups attached to an aromatic ring is 1. The molecular weight excluding hydrogens is 238 g/mol. The van der Waals surface area contributed by atoms with Crippen LogP contribution in [0.2, 0.25) is 0 Å². The molecule has 100 valence electrons. The molecule has 0 radical (unpaired) electrons.